The van der Waals surface area contributed by atoms with Gasteiger partial charge in [0.15, 0.2) is 6.29 Å². The van der Waals surface area contributed by atoms with Crippen molar-refractivity contribution in [3.63, 3.8) is 0 Å². The second-order valence-corrected chi connectivity index (χ2v) is 1.86. The van der Waals surface area contributed by atoms with Gasteiger partial charge in [0.2, 0.25) is 0 Å². The molecular formula is C5H10O4. The maximum Gasteiger partial charge on any atom is 0.151 e. The summed E-state index contributed by atoms with van der Waals surface area (Å²) >= 11 is 0. The SMILES string of the molecule is C[C@@H](O)[C@@H](O)[C@@H](O)C=O. The van der Waals surface area contributed by atoms with Crippen LogP contribution in [-0.4, -0.2) is 39.9 Å². The summed E-state index contributed by atoms with van der Waals surface area (Å²) in [5.74, 6) is 0. The van der Waals surface area contributed by atoms with Gasteiger partial charge >= 0.3 is 0 Å². The minimum atomic E-state index is -1.48. The van der Waals surface area contributed by atoms with Crippen molar-refractivity contribution < 1.29 is 20.1 Å². The summed E-state index contributed by atoms with van der Waals surface area (Å²) in [6, 6.07) is 0. The normalized spacial score (nSPS) is 20.4. The van der Waals surface area contributed by atoms with Crippen LogP contribution in [0.15, 0.2) is 0 Å². The topological polar surface area (TPSA) is 77.8 Å². The molecule has 4 heteroatoms. The van der Waals surface area contributed by atoms with E-state index in [1.54, 1.807) is 0 Å². The van der Waals surface area contributed by atoms with Crippen molar-refractivity contribution in [1.82, 2.24) is 0 Å². The molecule has 0 aromatic heterocycles. The molecule has 0 saturated carbocycles. The Morgan fingerprint density at radius 3 is 1.89 bits per heavy atom. The van der Waals surface area contributed by atoms with E-state index in [9.17, 15) is 4.79 Å². The van der Waals surface area contributed by atoms with Gasteiger partial charge in [-0.25, -0.2) is 0 Å². The molecule has 0 amide bonds. The highest BCUT2D eigenvalue weighted by molar-refractivity contribution is 5.56. The standard InChI is InChI=1S/C5H10O4/c1-3(7)5(9)4(8)2-6/h2-5,7-9H,1H3/t3-,4+,5-/m1/s1. The molecule has 0 rings (SSSR count). The van der Waals surface area contributed by atoms with Crippen LogP contribution in [0.5, 0.6) is 0 Å². The molecule has 0 saturated heterocycles. The van der Waals surface area contributed by atoms with Gasteiger partial charge in [0.05, 0.1) is 6.10 Å². The molecule has 0 heterocycles. The third-order valence-corrected chi connectivity index (χ3v) is 0.984. The minimum Gasteiger partial charge on any atom is -0.391 e. The molecule has 0 aromatic rings. The quantitative estimate of drug-likeness (QED) is 0.401. The summed E-state index contributed by atoms with van der Waals surface area (Å²) in [4.78, 5) is 9.73. The number of hydrogen-bond donors (Lipinski definition) is 3. The van der Waals surface area contributed by atoms with E-state index >= 15 is 0 Å². The van der Waals surface area contributed by atoms with Gasteiger partial charge in [-0.15, -0.1) is 0 Å². The highest BCUT2D eigenvalue weighted by atomic mass is 16.4. The zero-order chi connectivity index (χ0) is 7.44. The molecule has 0 aromatic carbocycles. The molecule has 4 nitrogen and oxygen atoms in total. The highest BCUT2D eigenvalue weighted by Crippen LogP contribution is 1.95. The Balaban J connectivity index is 3.71. The number of aliphatic hydroxyl groups is 3. The number of rotatable bonds is 3. The first kappa shape index (κ1) is 8.55. The van der Waals surface area contributed by atoms with Gasteiger partial charge in [-0.1, -0.05) is 0 Å². The summed E-state index contributed by atoms with van der Waals surface area (Å²) in [6.07, 6.45) is -3.75. The van der Waals surface area contributed by atoms with E-state index in [-0.39, 0.29) is 6.29 Å². The van der Waals surface area contributed by atoms with Crippen LogP contribution in [0.2, 0.25) is 0 Å². The van der Waals surface area contributed by atoms with Gasteiger partial charge in [0.1, 0.15) is 12.2 Å². The summed E-state index contributed by atoms with van der Waals surface area (Å²) < 4.78 is 0. The van der Waals surface area contributed by atoms with E-state index in [2.05, 4.69) is 0 Å². The average molecular weight is 134 g/mol. The summed E-state index contributed by atoms with van der Waals surface area (Å²) in [6.45, 7) is 1.29. The van der Waals surface area contributed by atoms with E-state index in [4.69, 9.17) is 15.3 Å². The van der Waals surface area contributed by atoms with Crippen molar-refractivity contribution in [3.8, 4) is 0 Å². The van der Waals surface area contributed by atoms with Crippen LogP contribution in [0.25, 0.3) is 0 Å². The first-order valence-electron chi connectivity index (χ1n) is 2.59. The Labute approximate surface area is 52.7 Å². The first-order valence-corrected chi connectivity index (χ1v) is 2.59. The van der Waals surface area contributed by atoms with Gasteiger partial charge in [-0.3, -0.25) is 0 Å². The van der Waals surface area contributed by atoms with Crippen LogP contribution in [0.3, 0.4) is 0 Å². The predicted octanol–water partition coefficient (Wildman–Crippen LogP) is -1.71. The third kappa shape index (κ3) is 2.55. The number of carbonyl (C=O) groups is 1. The van der Waals surface area contributed by atoms with Crippen molar-refractivity contribution in [2.45, 2.75) is 25.2 Å². The predicted molar refractivity (Wildman–Crippen MR) is 29.8 cm³/mol. The maximum atomic E-state index is 9.73. The maximum absolute atomic E-state index is 9.73. The van der Waals surface area contributed by atoms with Crippen LogP contribution in [-0.2, 0) is 4.79 Å². The van der Waals surface area contributed by atoms with Crippen LogP contribution in [0.4, 0.5) is 0 Å². The lowest BCUT2D eigenvalue weighted by molar-refractivity contribution is -0.125. The second-order valence-electron chi connectivity index (χ2n) is 1.86. The van der Waals surface area contributed by atoms with Crippen molar-refractivity contribution in [3.05, 3.63) is 0 Å². The fourth-order valence-corrected chi connectivity index (χ4v) is 0.366. The second kappa shape index (κ2) is 3.55. The van der Waals surface area contributed by atoms with E-state index in [0.717, 1.165) is 0 Å². The molecular weight excluding hydrogens is 124 g/mol. The molecule has 0 aliphatic carbocycles. The van der Waals surface area contributed by atoms with Crippen LogP contribution in [0.1, 0.15) is 6.92 Å². The van der Waals surface area contributed by atoms with Gasteiger partial charge in [0.25, 0.3) is 0 Å². The first-order chi connectivity index (χ1) is 4.09. The molecule has 0 aliphatic heterocycles. The van der Waals surface area contributed by atoms with Gasteiger partial charge in [-0.05, 0) is 6.92 Å². The number of carbonyl (C=O) groups excluding carboxylic acids is 1. The van der Waals surface area contributed by atoms with Gasteiger partial charge < -0.3 is 20.1 Å². The largest absolute Gasteiger partial charge is 0.391 e. The van der Waals surface area contributed by atoms with E-state index in [1.807, 2.05) is 0 Å². The molecule has 0 unspecified atom stereocenters. The number of aliphatic hydroxyl groups excluding tert-OH is 3. The zero-order valence-corrected chi connectivity index (χ0v) is 5.06. The summed E-state index contributed by atoms with van der Waals surface area (Å²) in [5, 5.41) is 25.7. The van der Waals surface area contributed by atoms with Gasteiger partial charge in [0, 0.05) is 0 Å². The zero-order valence-electron chi connectivity index (χ0n) is 5.06. The Morgan fingerprint density at radius 1 is 1.33 bits per heavy atom. The van der Waals surface area contributed by atoms with Gasteiger partial charge in [-0.2, -0.15) is 0 Å². The summed E-state index contributed by atoms with van der Waals surface area (Å²) in [7, 11) is 0. The molecule has 3 N–H and O–H groups in total. The Bertz CT molecular complexity index is 91.0. The molecule has 0 fully saturated rings. The Morgan fingerprint density at radius 2 is 1.78 bits per heavy atom. The van der Waals surface area contributed by atoms with Crippen molar-refractivity contribution in [2.24, 2.45) is 0 Å². The lowest BCUT2D eigenvalue weighted by Gasteiger charge is -2.14. The lowest BCUT2D eigenvalue weighted by Crippen LogP contribution is -2.36. The molecule has 0 bridgehead atoms. The smallest absolute Gasteiger partial charge is 0.151 e. The van der Waals surface area contributed by atoms with E-state index in [1.165, 1.54) is 6.92 Å². The average Bonchev–Trinajstić information content (AvgIpc) is 1.84. The van der Waals surface area contributed by atoms with Crippen molar-refractivity contribution in [2.75, 3.05) is 0 Å². The van der Waals surface area contributed by atoms with Crippen LogP contribution in [0, 0.1) is 0 Å². The van der Waals surface area contributed by atoms with Crippen LogP contribution < -0.4 is 0 Å². The Kier molecular flexibility index (Phi) is 3.37. The number of aldehydes is 1. The molecule has 9 heavy (non-hydrogen) atoms. The third-order valence-electron chi connectivity index (χ3n) is 0.984. The molecule has 0 spiro atoms. The molecule has 54 valence electrons. The lowest BCUT2D eigenvalue weighted by atomic mass is 10.1. The molecule has 0 aliphatic rings. The molecule has 3 atom stereocenters. The van der Waals surface area contributed by atoms with Crippen molar-refractivity contribution >= 4 is 6.29 Å². The van der Waals surface area contributed by atoms with Crippen molar-refractivity contribution in [1.29, 1.82) is 0 Å². The minimum absolute atomic E-state index is 0.178. The van der Waals surface area contributed by atoms with E-state index < -0.39 is 18.3 Å². The molecule has 0 radical (unpaired) electrons. The fraction of sp³-hybridized carbons (Fsp3) is 0.800. The summed E-state index contributed by atoms with van der Waals surface area (Å²) in [5.41, 5.74) is 0. The Hall–Kier alpha value is -0.450. The monoisotopic (exact) mass is 134 g/mol. The fourth-order valence-electron chi connectivity index (χ4n) is 0.366. The van der Waals surface area contributed by atoms with E-state index in [0.29, 0.717) is 0 Å². The number of hydrogen-bond acceptors (Lipinski definition) is 4. The highest BCUT2D eigenvalue weighted by Gasteiger charge is 2.19. The van der Waals surface area contributed by atoms with Crippen LogP contribution >= 0.6 is 0 Å².